The first-order valence-electron chi connectivity index (χ1n) is 7.61. The van der Waals surface area contributed by atoms with Gasteiger partial charge in [-0.05, 0) is 87.3 Å². The van der Waals surface area contributed by atoms with Gasteiger partial charge in [-0.2, -0.15) is 0 Å². The van der Waals surface area contributed by atoms with E-state index in [0.717, 1.165) is 0 Å². The van der Waals surface area contributed by atoms with Crippen LogP contribution in [-0.4, -0.2) is 0 Å². The van der Waals surface area contributed by atoms with Crippen LogP contribution in [0, 0.1) is 34.6 Å². The predicted molar refractivity (Wildman–Crippen MR) is 88.6 cm³/mol. The third kappa shape index (κ3) is 3.30. The van der Waals surface area contributed by atoms with Crippen molar-refractivity contribution >= 4 is 0 Å². The van der Waals surface area contributed by atoms with E-state index in [-0.39, 0.29) is 0 Å². The summed E-state index contributed by atoms with van der Waals surface area (Å²) in [5.41, 5.74) is 10.2. The number of rotatable bonds is 4. The highest BCUT2D eigenvalue weighted by atomic mass is 14.1. The van der Waals surface area contributed by atoms with Crippen molar-refractivity contribution in [2.75, 3.05) is 0 Å². The highest BCUT2D eigenvalue weighted by Gasteiger charge is 2.05. The van der Waals surface area contributed by atoms with E-state index in [1.165, 1.54) is 52.6 Å². The molecule has 0 amide bonds. The normalized spacial score (nSPS) is 10.8. The van der Waals surface area contributed by atoms with E-state index in [2.05, 4.69) is 65.0 Å². The molecule has 0 bridgehead atoms. The van der Waals surface area contributed by atoms with Crippen LogP contribution in [0.5, 0.6) is 0 Å². The standard InChI is InChI=1S/C20H26/c1-14-12-16(3)20(17(4)13-14)11-7-10-19-9-6-8-15(2)18(19)5/h6,8-9,12-13H,7,10-11H2,1-5H3. The maximum absolute atomic E-state index is 2.31. The largest absolute Gasteiger partial charge is 0.0617 e. The molecule has 0 spiro atoms. The van der Waals surface area contributed by atoms with Crippen molar-refractivity contribution in [2.24, 2.45) is 0 Å². The zero-order valence-corrected chi connectivity index (χ0v) is 13.5. The highest BCUT2D eigenvalue weighted by molar-refractivity contribution is 5.38. The smallest absolute Gasteiger partial charge is 0.0270 e. The summed E-state index contributed by atoms with van der Waals surface area (Å²) < 4.78 is 0. The molecule has 20 heavy (non-hydrogen) atoms. The second-order valence-corrected chi connectivity index (χ2v) is 6.09. The van der Waals surface area contributed by atoms with Crippen LogP contribution >= 0.6 is 0 Å². The van der Waals surface area contributed by atoms with E-state index in [4.69, 9.17) is 0 Å². The molecular formula is C20H26. The summed E-state index contributed by atoms with van der Waals surface area (Å²) in [5.74, 6) is 0. The lowest BCUT2D eigenvalue weighted by atomic mass is 9.93. The van der Waals surface area contributed by atoms with Gasteiger partial charge in [0, 0.05) is 0 Å². The van der Waals surface area contributed by atoms with Crippen molar-refractivity contribution in [2.45, 2.75) is 53.9 Å². The molecule has 0 saturated heterocycles. The summed E-state index contributed by atoms with van der Waals surface area (Å²) in [4.78, 5) is 0. The highest BCUT2D eigenvalue weighted by Crippen LogP contribution is 2.20. The SMILES string of the molecule is Cc1cc(C)c(CCCc2cccc(C)c2C)c(C)c1. The van der Waals surface area contributed by atoms with Crippen molar-refractivity contribution < 1.29 is 0 Å². The Kier molecular flexibility index (Phi) is 4.65. The van der Waals surface area contributed by atoms with Gasteiger partial charge in [-0.25, -0.2) is 0 Å². The minimum absolute atomic E-state index is 1.18. The zero-order valence-electron chi connectivity index (χ0n) is 13.5. The van der Waals surface area contributed by atoms with Crippen LogP contribution in [0.25, 0.3) is 0 Å². The maximum atomic E-state index is 2.31. The zero-order chi connectivity index (χ0) is 14.7. The molecule has 0 atom stereocenters. The molecule has 2 rings (SSSR count). The minimum atomic E-state index is 1.18. The molecule has 0 saturated carbocycles. The van der Waals surface area contributed by atoms with Gasteiger partial charge >= 0.3 is 0 Å². The number of hydrogen-bond donors (Lipinski definition) is 0. The van der Waals surface area contributed by atoms with Crippen molar-refractivity contribution in [3.63, 3.8) is 0 Å². The Morgan fingerprint density at radius 2 is 1.40 bits per heavy atom. The second-order valence-electron chi connectivity index (χ2n) is 6.09. The Labute approximate surface area is 123 Å². The summed E-state index contributed by atoms with van der Waals surface area (Å²) in [5, 5.41) is 0. The van der Waals surface area contributed by atoms with E-state index < -0.39 is 0 Å². The first kappa shape index (κ1) is 14.8. The molecule has 0 radical (unpaired) electrons. The molecule has 0 aliphatic carbocycles. The van der Waals surface area contributed by atoms with Crippen LogP contribution in [0.15, 0.2) is 30.3 Å². The second kappa shape index (κ2) is 6.26. The summed E-state index contributed by atoms with van der Waals surface area (Å²) in [6.07, 6.45) is 3.60. The van der Waals surface area contributed by atoms with E-state index in [0.29, 0.717) is 0 Å². The Bertz CT molecular complexity index is 582. The monoisotopic (exact) mass is 266 g/mol. The van der Waals surface area contributed by atoms with Crippen LogP contribution in [-0.2, 0) is 12.8 Å². The molecule has 0 fully saturated rings. The Balaban J connectivity index is 2.05. The quantitative estimate of drug-likeness (QED) is 0.694. The molecule has 0 heteroatoms. The summed E-state index contributed by atoms with van der Waals surface area (Å²) in [6, 6.07) is 11.3. The predicted octanol–water partition coefficient (Wildman–Crippen LogP) is 5.40. The van der Waals surface area contributed by atoms with Gasteiger partial charge in [-0.15, -0.1) is 0 Å². The van der Waals surface area contributed by atoms with E-state index in [1.54, 1.807) is 5.56 Å². The fourth-order valence-electron chi connectivity index (χ4n) is 3.14. The van der Waals surface area contributed by atoms with Crippen LogP contribution in [0.2, 0.25) is 0 Å². The average molecular weight is 266 g/mol. The van der Waals surface area contributed by atoms with Gasteiger partial charge in [0.05, 0.1) is 0 Å². The molecular weight excluding hydrogens is 240 g/mol. The lowest BCUT2D eigenvalue weighted by molar-refractivity contribution is 0.805. The molecule has 0 heterocycles. The first-order valence-corrected chi connectivity index (χ1v) is 7.61. The van der Waals surface area contributed by atoms with Crippen LogP contribution in [0.1, 0.15) is 45.4 Å². The van der Waals surface area contributed by atoms with Crippen molar-refractivity contribution in [3.8, 4) is 0 Å². The first-order chi connectivity index (χ1) is 9.49. The van der Waals surface area contributed by atoms with Gasteiger partial charge in [0.1, 0.15) is 0 Å². The lowest BCUT2D eigenvalue weighted by Crippen LogP contribution is -1.98. The lowest BCUT2D eigenvalue weighted by Gasteiger charge is -2.12. The summed E-state index contributed by atoms with van der Waals surface area (Å²) in [6.45, 7) is 11.1. The molecule has 0 N–H and O–H groups in total. The van der Waals surface area contributed by atoms with Gasteiger partial charge in [0.15, 0.2) is 0 Å². The van der Waals surface area contributed by atoms with Crippen LogP contribution in [0.4, 0.5) is 0 Å². The topological polar surface area (TPSA) is 0 Å². The third-order valence-corrected chi connectivity index (χ3v) is 4.43. The number of aryl methyl sites for hydroxylation is 5. The Hall–Kier alpha value is -1.56. The Morgan fingerprint density at radius 1 is 0.750 bits per heavy atom. The Morgan fingerprint density at radius 3 is 2.05 bits per heavy atom. The van der Waals surface area contributed by atoms with Crippen molar-refractivity contribution in [1.82, 2.24) is 0 Å². The maximum Gasteiger partial charge on any atom is -0.0270 e. The molecule has 106 valence electrons. The summed E-state index contributed by atoms with van der Waals surface area (Å²) in [7, 11) is 0. The molecule has 0 unspecified atom stereocenters. The van der Waals surface area contributed by atoms with E-state index in [9.17, 15) is 0 Å². The fourth-order valence-corrected chi connectivity index (χ4v) is 3.14. The minimum Gasteiger partial charge on any atom is -0.0617 e. The molecule has 2 aromatic rings. The average Bonchev–Trinajstić information content (AvgIpc) is 2.37. The molecule has 2 aromatic carbocycles. The van der Waals surface area contributed by atoms with Crippen LogP contribution < -0.4 is 0 Å². The third-order valence-electron chi connectivity index (χ3n) is 4.43. The summed E-state index contributed by atoms with van der Waals surface area (Å²) >= 11 is 0. The van der Waals surface area contributed by atoms with E-state index in [1.807, 2.05) is 0 Å². The van der Waals surface area contributed by atoms with Gasteiger partial charge < -0.3 is 0 Å². The van der Waals surface area contributed by atoms with Gasteiger partial charge in [0.2, 0.25) is 0 Å². The van der Waals surface area contributed by atoms with Crippen LogP contribution in [0.3, 0.4) is 0 Å². The van der Waals surface area contributed by atoms with Gasteiger partial charge in [-0.1, -0.05) is 35.9 Å². The van der Waals surface area contributed by atoms with E-state index >= 15 is 0 Å². The molecule has 0 nitrogen and oxygen atoms in total. The molecule has 0 aliphatic heterocycles. The van der Waals surface area contributed by atoms with Crippen molar-refractivity contribution in [3.05, 3.63) is 69.3 Å². The van der Waals surface area contributed by atoms with Gasteiger partial charge in [0.25, 0.3) is 0 Å². The van der Waals surface area contributed by atoms with Crippen molar-refractivity contribution in [1.29, 1.82) is 0 Å². The van der Waals surface area contributed by atoms with Gasteiger partial charge in [-0.3, -0.25) is 0 Å². The number of hydrogen-bond acceptors (Lipinski definition) is 0. The molecule has 0 aromatic heterocycles. The molecule has 0 aliphatic rings. The fraction of sp³-hybridized carbons (Fsp3) is 0.400. The number of benzene rings is 2.